The third kappa shape index (κ3) is 3.06. The zero-order valence-electron chi connectivity index (χ0n) is 9.52. The van der Waals surface area contributed by atoms with Crippen molar-refractivity contribution in [3.8, 4) is 0 Å². The smallest absolute Gasteiger partial charge is 0.0489 e. The zero-order valence-corrected chi connectivity index (χ0v) is 9.52. The van der Waals surface area contributed by atoms with E-state index in [4.69, 9.17) is 0 Å². The first-order chi connectivity index (χ1) is 7.36. The SMILES string of the molecule is CC1CCCC1NCCCn1cccn1. The average molecular weight is 207 g/mol. The second-order valence-corrected chi connectivity index (χ2v) is 4.59. The molecular weight excluding hydrogens is 186 g/mol. The summed E-state index contributed by atoms with van der Waals surface area (Å²) < 4.78 is 2.00. The minimum atomic E-state index is 0.766. The van der Waals surface area contributed by atoms with Crippen LogP contribution in [0.5, 0.6) is 0 Å². The third-order valence-electron chi connectivity index (χ3n) is 3.39. The fourth-order valence-electron chi connectivity index (χ4n) is 2.41. The summed E-state index contributed by atoms with van der Waals surface area (Å²) in [6.07, 6.45) is 9.20. The normalized spacial score (nSPS) is 25.9. The molecule has 1 aliphatic rings. The molecule has 0 radical (unpaired) electrons. The van der Waals surface area contributed by atoms with Crippen molar-refractivity contribution in [3.63, 3.8) is 0 Å². The van der Waals surface area contributed by atoms with Crippen molar-refractivity contribution in [3.05, 3.63) is 18.5 Å². The van der Waals surface area contributed by atoms with E-state index >= 15 is 0 Å². The summed E-state index contributed by atoms with van der Waals surface area (Å²) >= 11 is 0. The van der Waals surface area contributed by atoms with Gasteiger partial charge in [0, 0.05) is 25.0 Å². The van der Waals surface area contributed by atoms with Crippen molar-refractivity contribution in [1.29, 1.82) is 0 Å². The molecule has 2 rings (SSSR count). The molecule has 0 aromatic carbocycles. The molecule has 0 spiro atoms. The van der Waals surface area contributed by atoms with Crippen LogP contribution in [0.1, 0.15) is 32.6 Å². The van der Waals surface area contributed by atoms with Crippen LogP contribution < -0.4 is 5.32 Å². The van der Waals surface area contributed by atoms with E-state index in [1.165, 1.54) is 25.7 Å². The monoisotopic (exact) mass is 207 g/mol. The molecule has 1 N–H and O–H groups in total. The first-order valence-electron chi connectivity index (χ1n) is 6.07. The van der Waals surface area contributed by atoms with Gasteiger partial charge >= 0.3 is 0 Å². The Morgan fingerprint density at radius 2 is 2.40 bits per heavy atom. The van der Waals surface area contributed by atoms with E-state index in [0.29, 0.717) is 0 Å². The lowest BCUT2D eigenvalue weighted by Crippen LogP contribution is -2.32. The van der Waals surface area contributed by atoms with Gasteiger partial charge in [-0.1, -0.05) is 13.3 Å². The lowest BCUT2D eigenvalue weighted by molar-refractivity contribution is 0.414. The van der Waals surface area contributed by atoms with Crippen LogP contribution in [-0.2, 0) is 6.54 Å². The molecule has 84 valence electrons. The quantitative estimate of drug-likeness (QED) is 0.749. The molecule has 2 unspecified atom stereocenters. The van der Waals surface area contributed by atoms with Gasteiger partial charge in [0.2, 0.25) is 0 Å². The maximum absolute atomic E-state index is 4.19. The highest BCUT2D eigenvalue weighted by molar-refractivity contribution is 4.80. The molecule has 3 heteroatoms. The predicted octanol–water partition coefficient (Wildman–Crippen LogP) is 2.05. The lowest BCUT2D eigenvalue weighted by atomic mass is 10.1. The largest absolute Gasteiger partial charge is 0.314 e. The van der Waals surface area contributed by atoms with Gasteiger partial charge in [-0.05, 0) is 37.8 Å². The minimum absolute atomic E-state index is 0.766. The van der Waals surface area contributed by atoms with Crippen LogP contribution in [-0.4, -0.2) is 22.4 Å². The highest BCUT2D eigenvalue weighted by atomic mass is 15.3. The number of rotatable bonds is 5. The molecule has 15 heavy (non-hydrogen) atoms. The van der Waals surface area contributed by atoms with Crippen molar-refractivity contribution < 1.29 is 0 Å². The van der Waals surface area contributed by atoms with E-state index in [2.05, 4.69) is 17.3 Å². The van der Waals surface area contributed by atoms with Gasteiger partial charge in [-0.15, -0.1) is 0 Å². The second kappa shape index (κ2) is 5.31. The summed E-state index contributed by atoms with van der Waals surface area (Å²) in [7, 11) is 0. The van der Waals surface area contributed by atoms with Crippen LogP contribution in [0.4, 0.5) is 0 Å². The fraction of sp³-hybridized carbons (Fsp3) is 0.750. The first-order valence-corrected chi connectivity index (χ1v) is 6.07. The summed E-state index contributed by atoms with van der Waals surface area (Å²) in [5.74, 6) is 0.870. The molecule has 1 heterocycles. The molecule has 1 aliphatic carbocycles. The Morgan fingerprint density at radius 1 is 1.47 bits per heavy atom. The van der Waals surface area contributed by atoms with Crippen LogP contribution in [0.3, 0.4) is 0 Å². The molecule has 0 aliphatic heterocycles. The topological polar surface area (TPSA) is 29.9 Å². The van der Waals surface area contributed by atoms with E-state index in [9.17, 15) is 0 Å². The van der Waals surface area contributed by atoms with Gasteiger partial charge in [-0.2, -0.15) is 5.10 Å². The Balaban J connectivity index is 1.59. The molecule has 0 saturated heterocycles. The molecule has 3 nitrogen and oxygen atoms in total. The number of aryl methyl sites for hydroxylation is 1. The number of hydrogen-bond acceptors (Lipinski definition) is 2. The molecule has 1 aromatic rings. The zero-order chi connectivity index (χ0) is 10.5. The van der Waals surface area contributed by atoms with Gasteiger partial charge in [0.1, 0.15) is 0 Å². The molecule has 0 amide bonds. The average Bonchev–Trinajstić information content (AvgIpc) is 2.85. The Labute approximate surface area is 91.9 Å². The molecule has 2 atom stereocenters. The van der Waals surface area contributed by atoms with Crippen LogP contribution in [0.2, 0.25) is 0 Å². The summed E-state index contributed by atoms with van der Waals surface area (Å²) in [6, 6.07) is 2.74. The Kier molecular flexibility index (Phi) is 3.78. The summed E-state index contributed by atoms with van der Waals surface area (Å²) in [6.45, 7) is 4.51. The third-order valence-corrected chi connectivity index (χ3v) is 3.39. The number of nitrogens with zero attached hydrogens (tertiary/aromatic N) is 2. The maximum Gasteiger partial charge on any atom is 0.0489 e. The second-order valence-electron chi connectivity index (χ2n) is 4.59. The summed E-state index contributed by atoms with van der Waals surface area (Å²) in [5.41, 5.74) is 0. The van der Waals surface area contributed by atoms with Crippen molar-refractivity contribution in [1.82, 2.24) is 15.1 Å². The fourth-order valence-corrected chi connectivity index (χ4v) is 2.41. The summed E-state index contributed by atoms with van der Waals surface area (Å²) in [5, 5.41) is 7.84. The molecule has 1 aromatic heterocycles. The minimum Gasteiger partial charge on any atom is -0.314 e. The van der Waals surface area contributed by atoms with Gasteiger partial charge < -0.3 is 5.32 Å². The number of nitrogens with one attached hydrogen (secondary N) is 1. The highest BCUT2D eigenvalue weighted by Crippen LogP contribution is 2.24. The van der Waals surface area contributed by atoms with Crippen LogP contribution >= 0.6 is 0 Å². The van der Waals surface area contributed by atoms with E-state index in [0.717, 1.165) is 25.0 Å². The molecule has 1 saturated carbocycles. The van der Waals surface area contributed by atoms with Crippen molar-refractivity contribution >= 4 is 0 Å². The van der Waals surface area contributed by atoms with E-state index in [-0.39, 0.29) is 0 Å². The Bertz CT molecular complexity index is 268. The van der Waals surface area contributed by atoms with E-state index < -0.39 is 0 Å². The predicted molar refractivity (Wildman–Crippen MR) is 61.6 cm³/mol. The van der Waals surface area contributed by atoms with E-state index in [1.54, 1.807) is 0 Å². The lowest BCUT2D eigenvalue weighted by Gasteiger charge is -2.16. The molecule has 1 fully saturated rings. The molecule has 0 bridgehead atoms. The summed E-state index contributed by atoms with van der Waals surface area (Å²) in [4.78, 5) is 0. The highest BCUT2D eigenvalue weighted by Gasteiger charge is 2.21. The van der Waals surface area contributed by atoms with Gasteiger partial charge in [0.15, 0.2) is 0 Å². The van der Waals surface area contributed by atoms with Crippen molar-refractivity contribution in [2.75, 3.05) is 6.54 Å². The van der Waals surface area contributed by atoms with Crippen molar-refractivity contribution in [2.24, 2.45) is 5.92 Å². The van der Waals surface area contributed by atoms with Gasteiger partial charge in [-0.25, -0.2) is 0 Å². The van der Waals surface area contributed by atoms with E-state index in [1.807, 2.05) is 23.1 Å². The van der Waals surface area contributed by atoms with Crippen LogP contribution in [0.25, 0.3) is 0 Å². The van der Waals surface area contributed by atoms with Crippen LogP contribution in [0.15, 0.2) is 18.5 Å². The number of hydrogen-bond donors (Lipinski definition) is 1. The van der Waals surface area contributed by atoms with Gasteiger partial charge in [-0.3, -0.25) is 4.68 Å². The maximum atomic E-state index is 4.19. The van der Waals surface area contributed by atoms with Gasteiger partial charge in [0.05, 0.1) is 0 Å². The Hall–Kier alpha value is -0.830. The Morgan fingerprint density at radius 3 is 3.07 bits per heavy atom. The van der Waals surface area contributed by atoms with Crippen molar-refractivity contribution in [2.45, 2.75) is 45.2 Å². The first kappa shape index (κ1) is 10.7. The van der Waals surface area contributed by atoms with Crippen LogP contribution in [0, 0.1) is 5.92 Å². The molecular formula is C12H21N3. The van der Waals surface area contributed by atoms with Gasteiger partial charge in [0.25, 0.3) is 0 Å². The standard InChI is InChI=1S/C12H21N3/c1-11-5-2-6-12(11)13-7-3-9-15-10-4-8-14-15/h4,8,10-13H,2-3,5-7,9H2,1H3. The number of aromatic nitrogens is 2.